The molecule has 0 unspecified atom stereocenters. The predicted molar refractivity (Wildman–Crippen MR) is 55.0 cm³/mol. The number of carbonyl (C=O) groups is 1. The van der Waals surface area contributed by atoms with Gasteiger partial charge in [0.1, 0.15) is 5.82 Å². The van der Waals surface area contributed by atoms with Crippen molar-refractivity contribution < 1.29 is 27.1 Å². The Morgan fingerprint density at radius 1 is 1.44 bits per heavy atom. The summed E-state index contributed by atoms with van der Waals surface area (Å²) in [5.74, 6) is -1.76. The number of halogens is 4. The lowest BCUT2D eigenvalue weighted by Gasteiger charge is -2.13. The standard InChI is InChI=1S/C11H11F4NO2/c1-18-10(17)5-9(16)7-3-2-6(4-8(7)12)11(13,14)15/h2-4,9H,5,16H2,1H3/t9-/m0/s1. The van der Waals surface area contributed by atoms with Crippen LogP contribution in [0.2, 0.25) is 0 Å². The van der Waals surface area contributed by atoms with Crippen LogP contribution in [0.4, 0.5) is 17.6 Å². The molecular formula is C11H11F4NO2. The van der Waals surface area contributed by atoms with E-state index in [0.717, 1.165) is 19.2 Å². The Kier molecular flexibility index (Phi) is 4.28. The smallest absolute Gasteiger partial charge is 0.416 e. The van der Waals surface area contributed by atoms with E-state index in [4.69, 9.17) is 5.73 Å². The monoisotopic (exact) mass is 265 g/mol. The van der Waals surface area contributed by atoms with Gasteiger partial charge in [0, 0.05) is 11.6 Å². The average Bonchev–Trinajstić information content (AvgIpc) is 2.27. The summed E-state index contributed by atoms with van der Waals surface area (Å²) in [7, 11) is 1.14. The van der Waals surface area contributed by atoms with E-state index in [-0.39, 0.29) is 12.0 Å². The number of rotatable bonds is 3. The number of hydrogen-bond donors (Lipinski definition) is 1. The third kappa shape index (κ3) is 3.43. The SMILES string of the molecule is COC(=O)C[C@H](N)c1ccc(C(F)(F)F)cc1F. The fourth-order valence-electron chi connectivity index (χ4n) is 1.38. The normalized spacial score (nSPS) is 13.2. The highest BCUT2D eigenvalue weighted by Gasteiger charge is 2.31. The fraction of sp³-hybridized carbons (Fsp3) is 0.364. The fourth-order valence-corrected chi connectivity index (χ4v) is 1.38. The van der Waals surface area contributed by atoms with Gasteiger partial charge in [-0.25, -0.2) is 4.39 Å². The molecule has 1 aromatic carbocycles. The molecule has 0 saturated carbocycles. The summed E-state index contributed by atoms with van der Waals surface area (Å²) in [5.41, 5.74) is 4.25. The lowest BCUT2D eigenvalue weighted by Crippen LogP contribution is -2.18. The maximum Gasteiger partial charge on any atom is 0.416 e. The molecule has 18 heavy (non-hydrogen) atoms. The van der Waals surface area contributed by atoms with E-state index in [2.05, 4.69) is 4.74 Å². The molecule has 0 amide bonds. The minimum absolute atomic E-state index is 0.159. The molecule has 0 fully saturated rings. The molecule has 0 aromatic heterocycles. The van der Waals surface area contributed by atoms with E-state index >= 15 is 0 Å². The Morgan fingerprint density at radius 3 is 2.50 bits per heavy atom. The van der Waals surface area contributed by atoms with Gasteiger partial charge in [-0.15, -0.1) is 0 Å². The van der Waals surface area contributed by atoms with Crippen molar-refractivity contribution in [2.45, 2.75) is 18.6 Å². The lowest BCUT2D eigenvalue weighted by atomic mass is 10.0. The molecule has 0 saturated heterocycles. The van der Waals surface area contributed by atoms with Gasteiger partial charge in [0.05, 0.1) is 19.1 Å². The van der Waals surface area contributed by atoms with Gasteiger partial charge < -0.3 is 10.5 Å². The summed E-state index contributed by atoms with van der Waals surface area (Å²) < 4.78 is 54.7. The molecule has 0 aliphatic heterocycles. The Labute approximate surface area is 101 Å². The first kappa shape index (κ1) is 14.4. The minimum Gasteiger partial charge on any atom is -0.469 e. The number of hydrogen-bond acceptors (Lipinski definition) is 3. The van der Waals surface area contributed by atoms with Gasteiger partial charge in [-0.2, -0.15) is 13.2 Å². The summed E-state index contributed by atoms with van der Waals surface area (Å²) in [6.07, 6.45) is -4.93. The highest BCUT2D eigenvalue weighted by atomic mass is 19.4. The van der Waals surface area contributed by atoms with Gasteiger partial charge in [0.25, 0.3) is 0 Å². The molecule has 1 rings (SSSR count). The van der Waals surface area contributed by atoms with Crippen molar-refractivity contribution in [2.24, 2.45) is 5.73 Å². The summed E-state index contributed by atoms with van der Waals surface area (Å²) in [5, 5.41) is 0. The number of esters is 1. The highest BCUT2D eigenvalue weighted by Crippen LogP contribution is 2.31. The van der Waals surface area contributed by atoms with E-state index in [1.54, 1.807) is 0 Å². The zero-order chi connectivity index (χ0) is 13.9. The summed E-state index contributed by atoms with van der Waals surface area (Å²) >= 11 is 0. The van der Waals surface area contributed by atoms with Crippen LogP contribution >= 0.6 is 0 Å². The van der Waals surface area contributed by atoms with Gasteiger partial charge in [-0.3, -0.25) is 4.79 Å². The van der Waals surface area contributed by atoms with Gasteiger partial charge >= 0.3 is 12.1 Å². The number of alkyl halides is 3. The number of carbonyl (C=O) groups excluding carboxylic acids is 1. The Balaban J connectivity index is 2.95. The first-order valence-electron chi connectivity index (χ1n) is 4.94. The van der Waals surface area contributed by atoms with Crippen LogP contribution in [0.25, 0.3) is 0 Å². The maximum absolute atomic E-state index is 13.5. The van der Waals surface area contributed by atoms with Crippen LogP contribution in [0, 0.1) is 5.82 Å². The first-order chi connectivity index (χ1) is 8.25. The second kappa shape index (κ2) is 5.34. The molecule has 0 aliphatic carbocycles. The number of ether oxygens (including phenoxy) is 1. The van der Waals surface area contributed by atoms with Gasteiger partial charge in [-0.05, 0) is 12.1 Å². The molecular weight excluding hydrogens is 254 g/mol. The summed E-state index contributed by atoms with van der Waals surface area (Å²) in [4.78, 5) is 10.9. The number of methoxy groups -OCH3 is 1. The van der Waals surface area contributed by atoms with E-state index in [1.807, 2.05) is 0 Å². The van der Waals surface area contributed by atoms with Crippen molar-refractivity contribution in [3.05, 3.63) is 35.1 Å². The van der Waals surface area contributed by atoms with Crippen LogP contribution in [0.3, 0.4) is 0 Å². The van der Waals surface area contributed by atoms with Crippen molar-refractivity contribution in [3.63, 3.8) is 0 Å². The van der Waals surface area contributed by atoms with Crippen molar-refractivity contribution in [1.82, 2.24) is 0 Å². The van der Waals surface area contributed by atoms with E-state index < -0.39 is 29.6 Å². The Hall–Kier alpha value is -1.63. The molecule has 0 bridgehead atoms. The molecule has 0 radical (unpaired) electrons. The Morgan fingerprint density at radius 2 is 2.06 bits per heavy atom. The van der Waals surface area contributed by atoms with Crippen LogP contribution in [0.1, 0.15) is 23.6 Å². The second-order valence-corrected chi connectivity index (χ2v) is 3.62. The van der Waals surface area contributed by atoms with Gasteiger partial charge in [-0.1, -0.05) is 6.07 Å². The molecule has 1 atom stereocenters. The van der Waals surface area contributed by atoms with Crippen molar-refractivity contribution >= 4 is 5.97 Å². The molecule has 1 aromatic rings. The van der Waals surface area contributed by atoms with Crippen LogP contribution in [0.15, 0.2) is 18.2 Å². The topological polar surface area (TPSA) is 52.3 Å². The van der Waals surface area contributed by atoms with Crippen LogP contribution in [-0.4, -0.2) is 13.1 Å². The largest absolute Gasteiger partial charge is 0.469 e. The molecule has 0 heterocycles. The number of benzene rings is 1. The van der Waals surface area contributed by atoms with Crippen LogP contribution in [0.5, 0.6) is 0 Å². The molecule has 100 valence electrons. The van der Waals surface area contributed by atoms with Crippen molar-refractivity contribution in [1.29, 1.82) is 0 Å². The maximum atomic E-state index is 13.5. The zero-order valence-electron chi connectivity index (χ0n) is 9.42. The van der Waals surface area contributed by atoms with E-state index in [1.165, 1.54) is 0 Å². The molecule has 3 nitrogen and oxygen atoms in total. The van der Waals surface area contributed by atoms with E-state index in [0.29, 0.717) is 6.07 Å². The summed E-state index contributed by atoms with van der Waals surface area (Å²) in [6, 6.07) is 0.952. The van der Waals surface area contributed by atoms with Gasteiger partial charge in [0.15, 0.2) is 0 Å². The molecule has 7 heteroatoms. The van der Waals surface area contributed by atoms with Crippen molar-refractivity contribution in [2.75, 3.05) is 7.11 Å². The third-order valence-electron chi connectivity index (χ3n) is 2.34. The molecule has 0 aliphatic rings. The lowest BCUT2D eigenvalue weighted by molar-refractivity contribution is -0.141. The van der Waals surface area contributed by atoms with Gasteiger partial charge in [0.2, 0.25) is 0 Å². The third-order valence-corrected chi connectivity index (χ3v) is 2.34. The van der Waals surface area contributed by atoms with E-state index in [9.17, 15) is 22.4 Å². The minimum atomic E-state index is -4.62. The Bertz CT molecular complexity index is 445. The van der Waals surface area contributed by atoms with Crippen molar-refractivity contribution in [3.8, 4) is 0 Å². The summed E-state index contributed by atoms with van der Waals surface area (Å²) in [6.45, 7) is 0. The van der Waals surface area contributed by atoms with Crippen LogP contribution < -0.4 is 5.73 Å². The molecule has 2 N–H and O–H groups in total. The average molecular weight is 265 g/mol. The predicted octanol–water partition coefficient (Wildman–Crippen LogP) is 2.41. The quantitative estimate of drug-likeness (QED) is 0.674. The molecule has 0 spiro atoms. The number of nitrogens with two attached hydrogens (primary N) is 1. The zero-order valence-corrected chi connectivity index (χ0v) is 9.42. The second-order valence-electron chi connectivity index (χ2n) is 3.62. The van der Waals surface area contributed by atoms with Crippen LogP contribution in [-0.2, 0) is 15.7 Å². The highest BCUT2D eigenvalue weighted by molar-refractivity contribution is 5.70. The first-order valence-corrected chi connectivity index (χ1v) is 4.94.